The van der Waals surface area contributed by atoms with E-state index in [4.69, 9.17) is 11.2 Å². The lowest BCUT2D eigenvalue weighted by atomic mass is 10.0. The van der Waals surface area contributed by atoms with Crippen LogP contribution in [-0.2, 0) is 9.53 Å². The maximum Gasteiger partial charge on any atom is 0.222 e. The van der Waals surface area contributed by atoms with Crippen LogP contribution < -0.4 is 5.32 Å². The Kier molecular flexibility index (Phi) is 7.44. The van der Waals surface area contributed by atoms with Gasteiger partial charge in [-0.15, -0.1) is 6.42 Å². The molecule has 0 saturated heterocycles. The SMILES string of the molecule is C#CCOCCC(=O)NC(C)CC(O)c1ccc(F)cc1. The molecule has 1 aromatic rings. The third kappa shape index (κ3) is 6.89. The molecule has 2 unspecified atom stereocenters. The molecule has 0 aliphatic rings. The van der Waals surface area contributed by atoms with Crippen molar-refractivity contribution in [2.24, 2.45) is 0 Å². The van der Waals surface area contributed by atoms with Crippen molar-refractivity contribution >= 4 is 5.91 Å². The number of aliphatic hydroxyl groups is 1. The molecule has 2 atom stereocenters. The summed E-state index contributed by atoms with van der Waals surface area (Å²) in [6, 6.07) is 5.45. The predicted octanol–water partition coefficient (Wildman–Crippen LogP) is 1.79. The van der Waals surface area contributed by atoms with Gasteiger partial charge in [0, 0.05) is 6.04 Å². The van der Waals surface area contributed by atoms with Crippen LogP contribution in [0.2, 0.25) is 0 Å². The fraction of sp³-hybridized carbons (Fsp3) is 0.438. The van der Waals surface area contributed by atoms with Gasteiger partial charge in [0.2, 0.25) is 5.91 Å². The maximum absolute atomic E-state index is 12.8. The lowest BCUT2D eigenvalue weighted by Crippen LogP contribution is -2.34. The van der Waals surface area contributed by atoms with Crippen LogP contribution in [0.15, 0.2) is 24.3 Å². The van der Waals surface area contributed by atoms with Crippen LogP contribution >= 0.6 is 0 Å². The molecule has 1 aromatic carbocycles. The quantitative estimate of drug-likeness (QED) is 0.567. The van der Waals surface area contributed by atoms with E-state index in [9.17, 15) is 14.3 Å². The Hall–Kier alpha value is -1.90. The minimum absolute atomic E-state index is 0.161. The zero-order valence-corrected chi connectivity index (χ0v) is 12.0. The first-order valence-electron chi connectivity index (χ1n) is 6.77. The number of hydrogen-bond donors (Lipinski definition) is 2. The fourth-order valence-electron chi connectivity index (χ4n) is 1.86. The second-order valence-corrected chi connectivity index (χ2v) is 4.78. The summed E-state index contributed by atoms with van der Waals surface area (Å²) >= 11 is 0. The molecule has 114 valence electrons. The van der Waals surface area contributed by atoms with Crippen molar-refractivity contribution in [2.45, 2.75) is 31.9 Å². The van der Waals surface area contributed by atoms with Gasteiger partial charge in [0.1, 0.15) is 12.4 Å². The zero-order valence-electron chi connectivity index (χ0n) is 12.0. The molecule has 1 rings (SSSR count). The number of nitrogens with one attached hydrogen (secondary N) is 1. The second-order valence-electron chi connectivity index (χ2n) is 4.78. The molecule has 1 amide bonds. The van der Waals surface area contributed by atoms with Gasteiger partial charge in [0.15, 0.2) is 0 Å². The summed E-state index contributed by atoms with van der Waals surface area (Å²) in [6.45, 7) is 2.25. The van der Waals surface area contributed by atoms with Gasteiger partial charge >= 0.3 is 0 Å². The van der Waals surface area contributed by atoms with E-state index in [1.54, 1.807) is 6.92 Å². The van der Waals surface area contributed by atoms with Crippen LogP contribution in [0.25, 0.3) is 0 Å². The molecule has 0 saturated carbocycles. The molecule has 21 heavy (non-hydrogen) atoms. The minimum atomic E-state index is -0.751. The largest absolute Gasteiger partial charge is 0.388 e. The van der Waals surface area contributed by atoms with E-state index in [1.165, 1.54) is 24.3 Å². The molecule has 0 heterocycles. The van der Waals surface area contributed by atoms with Crippen LogP contribution in [0.1, 0.15) is 31.4 Å². The van der Waals surface area contributed by atoms with Crippen LogP contribution in [0.4, 0.5) is 4.39 Å². The third-order valence-electron chi connectivity index (χ3n) is 2.90. The van der Waals surface area contributed by atoms with E-state index in [1.807, 2.05) is 0 Å². The molecule has 0 bridgehead atoms. The van der Waals surface area contributed by atoms with Crippen molar-refractivity contribution in [1.82, 2.24) is 5.32 Å². The molecule has 0 fully saturated rings. The van der Waals surface area contributed by atoms with Crippen LogP contribution in [-0.4, -0.2) is 30.3 Å². The van der Waals surface area contributed by atoms with E-state index in [-0.39, 0.29) is 37.4 Å². The summed E-state index contributed by atoms with van der Waals surface area (Å²) < 4.78 is 17.8. The van der Waals surface area contributed by atoms with Crippen molar-refractivity contribution in [3.63, 3.8) is 0 Å². The van der Waals surface area contributed by atoms with Gasteiger partial charge in [-0.05, 0) is 31.0 Å². The van der Waals surface area contributed by atoms with E-state index in [0.717, 1.165) is 0 Å². The summed E-state index contributed by atoms with van der Waals surface area (Å²) in [6.07, 6.45) is 4.84. The van der Waals surface area contributed by atoms with Crippen molar-refractivity contribution in [1.29, 1.82) is 0 Å². The number of terminal acetylenes is 1. The van der Waals surface area contributed by atoms with Crippen LogP contribution in [0.3, 0.4) is 0 Å². The van der Waals surface area contributed by atoms with Gasteiger partial charge in [-0.1, -0.05) is 18.1 Å². The summed E-state index contributed by atoms with van der Waals surface area (Å²) in [5, 5.41) is 12.8. The van der Waals surface area contributed by atoms with Gasteiger partial charge < -0.3 is 15.2 Å². The predicted molar refractivity (Wildman–Crippen MR) is 77.9 cm³/mol. The average Bonchev–Trinajstić information content (AvgIpc) is 2.44. The Balaban J connectivity index is 2.32. The standard InChI is InChI=1S/C16H20FNO3/c1-3-9-21-10-8-16(20)18-12(2)11-15(19)13-4-6-14(17)7-5-13/h1,4-7,12,15,19H,8-11H2,2H3,(H,18,20). The number of amides is 1. The maximum atomic E-state index is 12.8. The molecular formula is C16H20FNO3. The van der Waals surface area contributed by atoms with Crippen molar-refractivity contribution in [3.8, 4) is 12.3 Å². The first-order chi connectivity index (χ1) is 10.0. The topological polar surface area (TPSA) is 58.6 Å². The van der Waals surface area contributed by atoms with Gasteiger partial charge in [-0.3, -0.25) is 4.79 Å². The fourth-order valence-corrected chi connectivity index (χ4v) is 1.86. The summed E-state index contributed by atoms with van der Waals surface area (Å²) in [7, 11) is 0. The Morgan fingerprint density at radius 2 is 2.14 bits per heavy atom. The number of rotatable bonds is 8. The average molecular weight is 293 g/mol. The van der Waals surface area contributed by atoms with Gasteiger partial charge in [0.05, 0.1) is 19.1 Å². The first kappa shape index (κ1) is 17.2. The minimum Gasteiger partial charge on any atom is -0.388 e. The molecule has 0 spiro atoms. The number of carbonyl (C=O) groups is 1. The Labute approximate surface area is 124 Å². The van der Waals surface area contributed by atoms with E-state index >= 15 is 0 Å². The molecule has 0 aromatic heterocycles. The Bertz CT molecular complexity index is 481. The summed E-state index contributed by atoms with van der Waals surface area (Å²) in [5.41, 5.74) is 0.620. The lowest BCUT2D eigenvalue weighted by molar-refractivity contribution is -0.122. The third-order valence-corrected chi connectivity index (χ3v) is 2.90. The highest BCUT2D eigenvalue weighted by molar-refractivity contribution is 5.76. The van der Waals surface area contributed by atoms with E-state index in [0.29, 0.717) is 12.0 Å². The van der Waals surface area contributed by atoms with Gasteiger partial charge in [-0.25, -0.2) is 4.39 Å². The van der Waals surface area contributed by atoms with Gasteiger partial charge in [-0.2, -0.15) is 0 Å². The molecular weight excluding hydrogens is 273 g/mol. The number of benzene rings is 1. The van der Waals surface area contributed by atoms with E-state index < -0.39 is 6.10 Å². The number of halogens is 1. The normalized spacial score (nSPS) is 13.2. The number of hydrogen-bond acceptors (Lipinski definition) is 3. The Morgan fingerprint density at radius 3 is 2.76 bits per heavy atom. The Morgan fingerprint density at radius 1 is 1.48 bits per heavy atom. The highest BCUT2D eigenvalue weighted by Crippen LogP contribution is 2.18. The molecule has 0 radical (unpaired) electrons. The highest BCUT2D eigenvalue weighted by Gasteiger charge is 2.14. The van der Waals surface area contributed by atoms with Crippen LogP contribution in [0, 0.1) is 18.2 Å². The van der Waals surface area contributed by atoms with Crippen molar-refractivity contribution in [3.05, 3.63) is 35.6 Å². The van der Waals surface area contributed by atoms with Crippen molar-refractivity contribution < 1.29 is 19.0 Å². The second kappa shape index (κ2) is 9.11. The van der Waals surface area contributed by atoms with E-state index in [2.05, 4.69) is 11.2 Å². The molecule has 0 aliphatic heterocycles. The lowest BCUT2D eigenvalue weighted by Gasteiger charge is -2.18. The van der Waals surface area contributed by atoms with Gasteiger partial charge in [0.25, 0.3) is 0 Å². The monoisotopic (exact) mass is 293 g/mol. The van der Waals surface area contributed by atoms with Crippen molar-refractivity contribution in [2.75, 3.05) is 13.2 Å². The molecule has 2 N–H and O–H groups in total. The highest BCUT2D eigenvalue weighted by atomic mass is 19.1. The summed E-state index contributed by atoms with van der Waals surface area (Å²) in [5.74, 6) is 1.81. The zero-order chi connectivity index (χ0) is 15.7. The van der Waals surface area contributed by atoms with Crippen LogP contribution in [0.5, 0.6) is 0 Å². The number of aliphatic hydroxyl groups excluding tert-OH is 1. The number of ether oxygens (including phenoxy) is 1. The first-order valence-corrected chi connectivity index (χ1v) is 6.77. The summed E-state index contributed by atoms with van der Waals surface area (Å²) in [4.78, 5) is 11.6. The molecule has 0 aliphatic carbocycles. The smallest absolute Gasteiger partial charge is 0.222 e. The molecule has 4 nitrogen and oxygen atoms in total. The number of carbonyl (C=O) groups excluding carboxylic acids is 1. The molecule has 5 heteroatoms.